The fraction of sp³-hybridized carbons (Fsp3) is 0.632. The van der Waals surface area contributed by atoms with Gasteiger partial charge in [0.15, 0.2) is 0 Å². The lowest BCUT2D eigenvalue weighted by Gasteiger charge is -2.39. The second-order valence-electron chi connectivity index (χ2n) is 7.66. The number of hydrogen-bond acceptors (Lipinski definition) is 2. The minimum Gasteiger partial charge on any atom is -0.338 e. The van der Waals surface area contributed by atoms with E-state index in [1.165, 1.54) is 25.3 Å². The Morgan fingerprint density at radius 2 is 1.83 bits per heavy atom. The van der Waals surface area contributed by atoms with Crippen LogP contribution in [0.3, 0.4) is 0 Å². The van der Waals surface area contributed by atoms with E-state index in [0.29, 0.717) is 19.0 Å². The summed E-state index contributed by atoms with van der Waals surface area (Å²) in [5, 5.41) is 0. The third kappa shape index (κ3) is 3.18. The second-order valence-corrected chi connectivity index (χ2v) is 7.66. The smallest absolute Gasteiger partial charge is 0.259 e. The molecule has 1 aliphatic heterocycles. The quantitative estimate of drug-likeness (QED) is 0.843. The summed E-state index contributed by atoms with van der Waals surface area (Å²) in [5.41, 5.74) is -0.297. The maximum absolute atomic E-state index is 14.0. The fourth-order valence-electron chi connectivity index (χ4n) is 4.56. The molecule has 1 atom stereocenters. The van der Waals surface area contributed by atoms with Crippen molar-refractivity contribution in [3.8, 4) is 0 Å². The molecular weight excluding hydrogens is 310 g/mol. The van der Waals surface area contributed by atoms with E-state index < -0.39 is 23.1 Å². The van der Waals surface area contributed by atoms with E-state index in [9.17, 15) is 13.6 Å². The molecule has 1 amide bonds. The van der Waals surface area contributed by atoms with Crippen LogP contribution in [-0.2, 0) is 0 Å². The molecule has 24 heavy (non-hydrogen) atoms. The zero-order valence-electron chi connectivity index (χ0n) is 14.5. The van der Waals surface area contributed by atoms with Crippen LogP contribution in [-0.4, -0.2) is 49.4 Å². The monoisotopic (exact) mass is 336 g/mol. The van der Waals surface area contributed by atoms with E-state index in [4.69, 9.17) is 0 Å². The van der Waals surface area contributed by atoms with Crippen molar-refractivity contribution < 1.29 is 13.6 Å². The third-order valence-electron chi connectivity index (χ3n) is 5.71. The topological polar surface area (TPSA) is 23.6 Å². The summed E-state index contributed by atoms with van der Waals surface area (Å²) in [6.45, 7) is 2.12. The Kier molecular flexibility index (Phi) is 4.90. The highest BCUT2D eigenvalue weighted by molar-refractivity contribution is 5.95. The van der Waals surface area contributed by atoms with Crippen LogP contribution in [0.4, 0.5) is 8.78 Å². The van der Waals surface area contributed by atoms with Gasteiger partial charge in [0.05, 0.1) is 0 Å². The number of hydrogen-bond donors (Lipinski definition) is 0. The predicted molar refractivity (Wildman–Crippen MR) is 89.8 cm³/mol. The first-order valence-corrected chi connectivity index (χ1v) is 8.81. The minimum atomic E-state index is -0.770. The molecule has 1 aromatic rings. The number of carbonyl (C=O) groups excluding carboxylic acids is 1. The van der Waals surface area contributed by atoms with E-state index in [2.05, 4.69) is 4.90 Å². The molecule has 1 saturated heterocycles. The van der Waals surface area contributed by atoms with Crippen LogP contribution in [0.25, 0.3) is 0 Å². The number of halogens is 2. The molecule has 3 rings (SSSR count). The van der Waals surface area contributed by atoms with Gasteiger partial charge in [-0.2, -0.15) is 0 Å². The summed E-state index contributed by atoms with van der Waals surface area (Å²) in [7, 11) is 4.08. The molecule has 1 unspecified atom stereocenters. The van der Waals surface area contributed by atoms with Crippen molar-refractivity contribution in [1.82, 2.24) is 9.80 Å². The zero-order valence-corrected chi connectivity index (χ0v) is 14.5. The molecule has 0 aromatic heterocycles. The average Bonchev–Trinajstić information content (AvgIpc) is 2.85. The lowest BCUT2D eigenvalue weighted by molar-refractivity contribution is 0.0745. The summed E-state index contributed by atoms with van der Waals surface area (Å²) >= 11 is 0. The summed E-state index contributed by atoms with van der Waals surface area (Å²) in [4.78, 5) is 16.6. The molecule has 1 saturated carbocycles. The highest BCUT2D eigenvalue weighted by Crippen LogP contribution is 2.48. The van der Waals surface area contributed by atoms with Gasteiger partial charge in [0.1, 0.15) is 17.2 Å². The molecule has 1 aliphatic carbocycles. The van der Waals surface area contributed by atoms with Crippen LogP contribution < -0.4 is 0 Å². The van der Waals surface area contributed by atoms with Crippen LogP contribution in [0, 0.1) is 23.0 Å². The first-order valence-electron chi connectivity index (χ1n) is 8.81. The number of rotatable bonds is 3. The summed E-state index contributed by atoms with van der Waals surface area (Å²) in [6.07, 6.45) is 5.82. The van der Waals surface area contributed by atoms with Gasteiger partial charge in [-0.3, -0.25) is 4.79 Å². The predicted octanol–water partition coefficient (Wildman–Crippen LogP) is 3.55. The molecule has 1 heterocycles. The first-order chi connectivity index (χ1) is 11.4. The van der Waals surface area contributed by atoms with Crippen molar-refractivity contribution in [2.75, 3.05) is 33.7 Å². The van der Waals surface area contributed by atoms with Gasteiger partial charge in [-0.25, -0.2) is 8.78 Å². The highest BCUT2D eigenvalue weighted by atomic mass is 19.1. The average molecular weight is 336 g/mol. The van der Waals surface area contributed by atoms with Crippen molar-refractivity contribution >= 4 is 5.91 Å². The normalized spacial score (nSPS) is 23.2. The lowest BCUT2D eigenvalue weighted by atomic mass is 9.67. The van der Waals surface area contributed by atoms with E-state index in [1.54, 1.807) is 4.90 Å². The van der Waals surface area contributed by atoms with E-state index >= 15 is 0 Å². The van der Waals surface area contributed by atoms with Gasteiger partial charge in [-0.1, -0.05) is 25.3 Å². The number of nitrogens with zero attached hydrogens (tertiary/aromatic N) is 2. The van der Waals surface area contributed by atoms with Crippen LogP contribution in [0.15, 0.2) is 18.2 Å². The van der Waals surface area contributed by atoms with Crippen LogP contribution in [0.1, 0.15) is 42.5 Å². The van der Waals surface area contributed by atoms with E-state index in [-0.39, 0.29) is 5.41 Å². The molecule has 0 N–H and O–H groups in total. The number of likely N-dealkylation sites (tertiary alicyclic amines) is 1. The molecule has 5 heteroatoms. The summed E-state index contributed by atoms with van der Waals surface area (Å²) < 4.78 is 28.0. The molecule has 0 bridgehead atoms. The van der Waals surface area contributed by atoms with Crippen molar-refractivity contribution in [1.29, 1.82) is 0 Å². The molecule has 3 nitrogen and oxygen atoms in total. The Labute approximate surface area is 142 Å². The summed E-state index contributed by atoms with van der Waals surface area (Å²) in [5.74, 6) is -1.68. The maximum atomic E-state index is 14.0. The lowest BCUT2D eigenvalue weighted by Crippen LogP contribution is -2.38. The van der Waals surface area contributed by atoms with E-state index in [1.807, 2.05) is 14.1 Å². The number of amides is 1. The molecule has 1 aromatic carbocycles. The van der Waals surface area contributed by atoms with Crippen molar-refractivity contribution in [3.05, 3.63) is 35.4 Å². The molecule has 2 fully saturated rings. The first kappa shape index (κ1) is 17.3. The minimum absolute atomic E-state index is 0.111. The fourth-order valence-corrected chi connectivity index (χ4v) is 4.56. The van der Waals surface area contributed by atoms with Crippen molar-refractivity contribution in [3.63, 3.8) is 0 Å². The van der Waals surface area contributed by atoms with Gasteiger partial charge in [0, 0.05) is 19.6 Å². The van der Waals surface area contributed by atoms with Crippen molar-refractivity contribution in [2.45, 2.75) is 32.1 Å². The molecular formula is C19H26F2N2O. The van der Waals surface area contributed by atoms with Gasteiger partial charge in [0.2, 0.25) is 0 Å². The maximum Gasteiger partial charge on any atom is 0.259 e. The van der Waals surface area contributed by atoms with Crippen LogP contribution in [0.2, 0.25) is 0 Å². The largest absolute Gasteiger partial charge is 0.338 e. The Morgan fingerprint density at radius 3 is 2.42 bits per heavy atom. The van der Waals surface area contributed by atoms with Crippen LogP contribution >= 0.6 is 0 Å². The van der Waals surface area contributed by atoms with Gasteiger partial charge >= 0.3 is 0 Å². The second kappa shape index (κ2) is 6.79. The van der Waals surface area contributed by atoms with E-state index in [0.717, 1.165) is 31.5 Å². The number of benzene rings is 1. The molecule has 132 valence electrons. The molecule has 0 radical (unpaired) electrons. The SMILES string of the molecule is CN(C)CC1CN(C(=O)c2c(F)cccc2F)CC12CCCCC2. The Balaban J connectivity index is 1.86. The van der Waals surface area contributed by atoms with Gasteiger partial charge in [-0.05, 0) is 50.4 Å². The summed E-state index contributed by atoms with van der Waals surface area (Å²) in [6, 6.07) is 3.60. The van der Waals surface area contributed by atoms with Crippen LogP contribution in [0.5, 0.6) is 0 Å². The third-order valence-corrected chi connectivity index (χ3v) is 5.71. The molecule has 1 spiro atoms. The standard InChI is InChI=1S/C19H26F2N2O/c1-22(2)11-14-12-23(13-19(14)9-4-3-5-10-19)18(24)17-15(20)7-6-8-16(17)21/h6-8,14H,3-5,9-13H2,1-2H3. The Bertz CT molecular complexity index is 591. The van der Waals surface area contributed by atoms with Gasteiger partial charge in [-0.15, -0.1) is 0 Å². The molecule has 2 aliphatic rings. The Hall–Kier alpha value is -1.49. The van der Waals surface area contributed by atoms with Gasteiger partial charge < -0.3 is 9.80 Å². The number of carbonyl (C=O) groups is 1. The van der Waals surface area contributed by atoms with Crippen molar-refractivity contribution in [2.24, 2.45) is 11.3 Å². The Morgan fingerprint density at radius 1 is 1.21 bits per heavy atom. The van der Waals surface area contributed by atoms with Gasteiger partial charge in [0.25, 0.3) is 5.91 Å². The zero-order chi connectivity index (χ0) is 17.3. The highest BCUT2D eigenvalue weighted by Gasteiger charge is 2.48.